The van der Waals surface area contributed by atoms with E-state index in [-0.39, 0.29) is 12.7 Å². The van der Waals surface area contributed by atoms with E-state index in [1.807, 2.05) is 25.1 Å². The van der Waals surface area contributed by atoms with Gasteiger partial charge >= 0.3 is 0 Å². The van der Waals surface area contributed by atoms with E-state index in [0.717, 1.165) is 44.1 Å². The van der Waals surface area contributed by atoms with Gasteiger partial charge in [0.05, 0.1) is 19.3 Å². The molecule has 1 aromatic rings. The van der Waals surface area contributed by atoms with Crippen LogP contribution in [0.5, 0.6) is 5.75 Å². The highest BCUT2D eigenvalue weighted by molar-refractivity contribution is 5.79. The Balaban J connectivity index is 1.74. The molecule has 1 aliphatic heterocycles. The highest BCUT2D eigenvalue weighted by Crippen LogP contribution is 2.14. The van der Waals surface area contributed by atoms with E-state index in [1.54, 1.807) is 6.07 Å². The molecule has 1 unspecified atom stereocenters. The first-order valence-electron chi connectivity index (χ1n) is 9.39. The summed E-state index contributed by atoms with van der Waals surface area (Å²) in [6.45, 7) is 6.17. The van der Waals surface area contributed by atoms with Crippen LogP contribution in [-0.4, -0.2) is 57.5 Å². The molecular weight excluding hydrogens is 348 g/mol. The fourth-order valence-corrected chi connectivity index (χ4v) is 2.57. The lowest BCUT2D eigenvalue weighted by Crippen LogP contribution is -2.38. The zero-order valence-electron chi connectivity index (χ0n) is 15.9. The number of ether oxygens (including phenoxy) is 3. The van der Waals surface area contributed by atoms with Crippen LogP contribution >= 0.6 is 0 Å². The molecule has 27 heavy (non-hydrogen) atoms. The minimum atomic E-state index is -0.499. The molecule has 1 fully saturated rings. The Labute approximate surface area is 160 Å². The number of primary amides is 1. The van der Waals surface area contributed by atoms with Gasteiger partial charge in [-0.3, -0.25) is 4.79 Å². The minimum absolute atomic E-state index is 0.133. The number of nitrogens with two attached hydrogens (primary N) is 1. The summed E-state index contributed by atoms with van der Waals surface area (Å²) in [6, 6.07) is 7.47. The maximum absolute atomic E-state index is 10.8. The van der Waals surface area contributed by atoms with Gasteiger partial charge in [0.2, 0.25) is 0 Å². The van der Waals surface area contributed by atoms with Crippen LogP contribution in [0, 0.1) is 0 Å². The van der Waals surface area contributed by atoms with Gasteiger partial charge in [-0.1, -0.05) is 12.1 Å². The van der Waals surface area contributed by atoms with Crippen molar-refractivity contribution < 1.29 is 19.0 Å². The van der Waals surface area contributed by atoms with Crippen molar-refractivity contribution in [2.45, 2.75) is 32.4 Å². The molecule has 150 valence electrons. The van der Waals surface area contributed by atoms with E-state index >= 15 is 0 Å². The van der Waals surface area contributed by atoms with Crippen LogP contribution in [0.25, 0.3) is 0 Å². The number of nitrogens with one attached hydrogen (secondary N) is 2. The second-order valence-electron chi connectivity index (χ2n) is 6.23. The van der Waals surface area contributed by atoms with Gasteiger partial charge in [0, 0.05) is 26.3 Å². The van der Waals surface area contributed by atoms with Crippen LogP contribution < -0.4 is 21.1 Å². The van der Waals surface area contributed by atoms with Crippen LogP contribution in [0.15, 0.2) is 29.3 Å². The summed E-state index contributed by atoms with van der Waals surface area (Å²) in [6.07, 6.45) is 2.13. The standard InChI is InChI=1S/C19H30N4O4/c1-2-21-19(22-8-4-9-26-17-7-10-25-13-17)23-12-15-5-3-6-16(11-15)27-14-18(20)24/h3,5-6,11,17H,2,4,7-10,12-14H2,1H3,(H2,20,24)(H2,21,22,23). The van der Waals surface area contributed by atoms with Crippen LogP contribution in [0.4, 0.5) is 0 Å². The van der Waals surface area contributed by atoms with Crippen LogP contribution in [0.3, 0.4) is 0 Å². The Bertz CT molecular complexity index is 603. The molecule has 2 rings (SSSR count). The second kappa shape index (κ2) is 12.1. The molecule has 0 bridgehead atoms. The van der Waals surface area contributed by atoms with Crippen molar-refractivity contribution in [3.63, 3.8) is 0 Å². The number of rotatable bonds is 11. The molecule has 4 N–H and O–H groups in total. The summed E-state index contributed by atoms with van der Waals surface area (Å²) in [5.74, 6) is 0.860. The first-order chi connectivity index (χ1) is 13.2. The summed E-state index contributed by atoms with van der Waals surface area (Å²) < 4.78 is 16.4. The van der Waals surface area contributed by atoms with Gasteiger partial charge in [0.15, 0.2) is 12.6 Å². The van der Waals surface area contributed by atoms with Gasteiger partial charge in [-0.25, -0.2) is 4.99 Å². The van der Waals surface area contributed by atoms with Gasteiger partial charge < -0.3 is 30.6 Å². The maximum Gasteiger partial charge on any atom is 0.255 e. The quantitative estimate of drug-likeness (QED) is 0.299. The average Bonchev–Trinajstić information content (AvgIpc) is 3.18. The highest BCUT2D eigenvalue weighted by Gasteiger charge is 2.15. The van der Waals surface area contributed by atoms with E-state index in [4.69, 9.17) is 19.9 Å². The average molecular weight is 378 g/mol. The number of hydrogen-bond acceptors (Lipinski definition) is 5. The number of carbonyl (C=O) groups is 1. The first kappa shape index (κ1) is 21.0. The molecule has 0 aliphatic carbocycles. The Morgan fingerprint density at radius 1 is 1.41 bits per heavy atom. The highest BCUT2D eigenvalue weighted by atomic mass is 16.5. The number of carbonyl (C=O) groups excluding carboxylic acids is 1. The van der Waals surface area contributed by atoms with Gasteiger partial charge in [-0.2, -0.15) is 0 Å². The SMILES string of the molecule is CCNC(=NCc1cccc(OCC(N)=O)c1)NCCCOC1CCOC1. The monoisotopic (exact) mass is 378 g/mol. The maximum atomic E-state index is 10.8. The molecule has 0 saturated carbocycles. The van der Waals surface area contributed by atoms with Gasteiger partial charge in [0.1, 0.15) is 5.75 Å². The zero-order valence-corrected chi connectivity index (χ0v) is 15.9. The smallest absolute Gasteiger partial charge is 0.255 e. The van der Waals surface area contributed by atoms with Crippen molar-refractivity contribution in [3.05, 3.63) is 29.8 Å². The molecule has 8 nitrogen and oxygen atoms in total. The predicted octanol–water partition coefficient (Wildman–Crippen LogP) is 0.801. The van der Waals surface area contributed by atoms with Gasteiger partial charge in [-0.05, 0) is 37.5 Å². The van der Waals surface area contributed by atoms with Crippen molar-refractivity contribution in [2.24, 2.45) is 10.7 Å². The lowest BCUT2D eigenvalue weighted by molar-refractivity contribution is -0.119. The van der Waals surface area contributed by atoms with Crippen molar-refractivity contribution in [2.75, 3.05) is 39.5 Å². The van der Waals surface area contributed by atoms with E-state index in [0.29, 0.717) is 25.5 Å². The third-order valence-electron chi connectivity index (χ3n) is 3.90. The molecule has 0 radical (unpaired) electrons. The lowest BCUT2D eigenvalue weighted by atomic mass is 10.2. The summed E-state index contributed by atoms with van der Waals surface area (Å²) in [7, 11) is 0. The number of guanidine groups is 1. The number of amides is 1. The normalized spacial score (nSPS) is 16.9. The van der Waals surface area contributed by atoms with E-state index in [2.05, 4.69) is 15.6 Å². The molecule has 8 heteroatoms. The molecule has 1 saturated heterocycles. The summed E-state index contributed by atoms with van der Waals surface area (Å²) >= 11 is 0. The van der Waals surface area contributed by atoms with Crippen LogP contribution in [0.2, 0.25) is 0 Å². The minimum Gasteiger partial charge on any atom is -0.484 e. The molecule has 1 aromatic carbocycles. The van der Waals surface area contributed by atoms with Crippen molar-refractivity contribution in [1.29, 1.82) is 0 Å². The third kappa shape index (κ3) is 8.74. The predicted molar refractivity (Wildman–Crippen MR) is 104 cm³/mol. The van der Waals surface area contributed by atoms with Crippen LogP contribution in [0.1, 0.15) is 25.3 Å². The lowest BCUT2D eigenvalue weighted by Gasteiger charge is -2.13. The molecule has 1 amide bonds. The number of aliphatic imine (C=N–C) groups is 1. The largest absolute Gasteiger partial charge is 0.484 e. The number of benzene rings is 1. The zero-order chi connectivity index (χ0) is 19.3. The molecule has 0 aromatic heterocycles. The summed E-state index contributed by atoms with van der Waals surface area (Å²) in [5.41, 5.74) is 6.08. The van der Waals surface area contributed by atoms with Crippen molar-refractivity contribution >= 4 is 11.9 Å². The Morgan fingerprint density at radius 3 is 3.04 bits per heavy atom. The van der Waals surface area contributed by atoms with E-state index in [9.17, 15) is 4.79 Å². The Morgan fingerprint density at radius 2 is 2.30 bits per heavy atom. The molecule has 1 aliphatic rings. The van der Waals surface area contributed by atoms with Crippen molar-refractivity contribution in [1.82, 2.24) is 10.6 Å². The van der Waals surface area contributed by atoms with Gasteiger partial charge in [0.25, 0.3) is 5.91 Å². The molecule has 0 spiro atoms. The number of hydrogen-bond donors (Lipinski definition) is 3. The van der Waals surface area contributed by atoms with E-state index < -0.39 is 5.91 Å². The van der Waals surface area contributed by atoms with E-state index in [1.165, 1.54) is 0 Å². The molecule has 1 atom stereocenters. The summed E-state index contributed by atoms with van der Waals surface area (Å²) in [5, 5.41) is 6.53. The van der Waals surface area contributed by atoms with Gasteiger partial charge in [-0.15, -0.1) is 0 Å². The fraction of sp³-hybridized carbons (Fsp3) is 0.579. The second-order valence-corrected chi connectivity index (χ2v) is 6.23. The fourth-order valence-electron chi connectivity index (χ4n) is 2.57. The molecular formula is C19H30N4O4. The first-order valence-corrected chi connectivity index (χ1v) is 9.39. The van der Waals surface area contributed by atoms with Crippen LogP contribution in [-0.2, 0) is 20.8 Å². The third-order valence-corrected chi connectivity index (χ3v) is 3.90. The molecule has 1 heterocycles. The number of nitrogens with zero attached hydrogens (tertiary/aromatic N) is 1. The van der Waals surface area contributed by atoms with Crippen molar-refractivity contribution in [3.8, 4) is 5.75 Å². The topological polar surface area (TPSA) is 107 Å². The Hall–Kier alpha value is -2.32. The Kier molecular flexibility index (Phi) is 9.43. The summed E-state index contributed by atoms with van der Waals surface area (Å²) in [4.78, 5) is 15.4.